The molecule has 2 rings (SSSR count). The van der Waals surface area contributed by atoms with E-state index >= 15 is 0 Å². The summed E-state index contributed by atoms with van der Waals surface area (Å²) in [6.45, 7) is 6.59. The number of aryl methyl sites for hydroxylation is 1. The van der Waals surface area contributed by atoms with E-state index in [1.807, 2.05) is 18.3 Å². The van der Waals surface area contributed by atoms with Crippen molar-refractivity contribution in [2.24, 2.45) is 5.73 Å². The molecule has 132 valence electrons. The summed E-state index contributed by atoms with van der Waals surface area (Å²) in [6.07, 6.45) is 3.43. The molecule has 0 saturated carbocycles. The average molecular weight is 339 g/mol. The predicted octanol–water partition coefficient (Wildman–Crippen LogP) is 3.81. The van der Waals surface area contributed by atoms with Crippen molar-refractivity contribution in [1.29, 1.82) is 5.41 Å². The maximum Gasteiger partial charge on any atom is 0.313 e. The minimum absolute atomic E-state index is 0.138. The van der Waals surface area contributed by atoms with Gasteiger partial charge in [0, 0.05) is 18.2 Å². The smallest absolute Gasteiger partial charge is 0.313 e. The molecule has 0 unspecified atom stereocenters. The van der Waals surface area contributed by atoms with Gasteiger partial charge in [-0.15, -0.1) is 0 Å². The third-order valence-electron chi connectivity index (χ3n) is 3.94. The Morgan fingerprint density at radius 2 is 1.84 bits per heavy atom. The lowest BCUT2D eigenvalue weighted by Crippen LogP contribution is -2.19. The number of nitrogens with zero attached hydrogens (tertiary/aromatic N) is 1. The summed E-state index contributed by atoms with van der Waals surface area (Å²) in [5, 5.41) is 6.90. The molecule has 0 amide bonds. The number of nitrogens with two attached hydrogens (primary N) is 1. The van der Waals surface area contributed by atoms with Crippen LogP contribution in [0.2, 0.25) is 0 Å². The lowest BCUT2D eigenvalue weighted by atomic mass is 9.86. The summed E-state index contributed by atoms with van der Waals surface area (Å²) >= 11 is 0. The molecule has 1 heterocycles. The van der Waals surface area contributed by atoms with Gasteiger partial charge >= 0.3 is 5.97 Å². The second-order valence-electron chi connectivity index (χ2n) is 7.07. The molecule has 3 N–H and O–H groups in total. The first-order valence-electron chi connectivity index (χ1n) is 8.36. The van der Waals surface area contributed by atoms with Crippen molar-refractivity contribution in [3.05, 3.63) is 53.7 Å². The molecule has 1 aromatic heterocycles. The third kappa shape index (κ3) is 5.71. The van der Waals surface area contributed by atoms with Crippen LogP contribution < -0.4 is 5.73 Å². The topological polar surface area (TPSA) is 89.1 Å². The summed E-state index contributed by atoms with van der Waals surface area (Å²) in [5.41, 5.74) is 9.53. The molecular formula is C20H25N3O2. The Kier molecular flexibility index (Phi) is 5.91. The molecule has 0 aliphatic carbocycles. The van der Waals surface area contributed by atoms with Gasteiger partial charge in [-0.3, -0.25) is 15.2 Å². The maximum absolute atomic E-state index is 11.3. The summed E-state index contributed by atoms with van der Waals surface area (Å²) < 4.78 is 4.51. The number of ether oxygens (including phenoxy) is 1. The van der Waals surface area contributed by atoms with E-state index in [4.69, 9.17) is 11.1 Å². The van der Waals surface area contributed by atoms with E-state index in [-0.39, 0.29) is 11.8 Å². The SMILES string of the molecule is CC(C)(C)c1ccc(-c2ccc(CCCC(=O)OC(=N)N)cn2)cc1. The number of amidine groups is 1. The molecule has 0 atom stereocenters. The first-order valence-corrected chi connectivity index (χ1v) is 8.36. The molecule has 5 heteroatoms. The summed E-state index contributed by atoms with van der Waals surface area (Å²) in [7, 11) is 0. The molecule has 1 aromatic carbocycles. The van der Waals surface area contributed by atoms with Crippen LogP contribution in [0.25, 0.3) is 11.3 Å². The first-order chi connectivity index (χ1) is 11.8. The fraction of sp³-hybridized carbons (Fsp3) is 0.350. The number of rotatable bonds is 5. The van der Waals surface area contributed by atoms with Gasteiger partial charge < -0.3 is 10.5 Å². The van der Waals surface area contributed by atoms with Gasteiger partial charge in [-0.25, -0.2) is 0 Å². The molecule has 0 radical (unpaired) electrons. The normalized spacial score (nSPS) is 11.2. The highest BCUT2D eigenvalue weighted by molar-refractivity contribution is 5.84. The van der Waals surface area contributed by atoms with Gasteiger partial charge in [0.25, 0.3) is 6.02 Å². The van der Waals surface area contributed by atoms with E-state index < -0.39 is 12.0 Å². The van der Waals surface area contributed by atoms with Gasteiger partial charge in [0.05, 0.1) is 5.69 Å². The predicted molar refractivity (Wildman–Crippen MR) is 99.3 cm³/mol. The minimum atomic E-state index is -0.562. The van der Waals surface area contributed by atoms with Crippen molar-refractivity contribution in [3.8, 4) is 11.3 Å². The van der Waals surface area contributed by atoms with Gasteiger partial charge in [-0.1, -0.05) is 51.1 Å². The zero-order valence-corrected chi connectivity index (χ0v) is 15.0. The van der Waals surface area contributed by atoms with E-state index in [0.29, 0.717) is 6.42 Å². The van der Waals surface area contributed by atoms with Crippen molar-refractivity contribution in [1.82, 2.24) is 4.98 Å². The first kappa shape index (κ1) is 18.6. The van der Waals surface area contributed by atoms with Gasteiger partial charge in [0.2, 0.25) is 0 Å². The molecule has 0 spiro atoms. The van der Waals surface area contributed by atoms with Gasteiger partial charge in [-0.2, -0.15) is 0 Å². The highest BCUT2D eigenvalue weighted by Crippen LogP contribution is 2.25. The monoisotopic (exact) mass is 339 g/mol. The number of pyridine rings is 1. The Hall–Kier alpha value is -2.69. The van der Waals surface area contributed by atoms with Crippen LogP contribution in [0.1, 0.15) is 44.7 Å². The average Bonchev–Trinajstić information content (AvgIpc) is 2.54. The second kappa shape index (κ2) is 7.92. The summed E-state index contributed by atoms with van der Waals surface area (Å²) in [4.78, 5) is 15.8. The number of benzene rings is 1. The fourth-order valence-electron chi connectivity index (χ4n) is 2.49. The number of hydrogen-bond acceptors (Lipinski definition) is 4. The fourth-order valence-corrected chi connectivity index (χ4v) is 2.49. The standard InChI is InChI=1S/C20H25N3O2/c1-20(2,3)16-10-8-15(9-11-16)17-12-7-14(13-23-17)5-4-6-18(24)25-19(21)22/h7-13H,4-6H2,1-3H3,(H3,21,22). The maximum atomic E-state index is 11.3. The van der Waals surface area contributed by atoms with E-state index in [0.717, 1.165) is 23.2 Å². The van der Waals surface area contributed by atoms with Crippen LogP contribution in [0, 0.1) is 5.41 Å². The molecule has 0 fully saturated rings. The third-order valence-corrected chi connectivity index (χ3v) is 3.94. The molecule has 2 aromatic rings. The number of carbonyl (C=O) groups excluding carboxylic acids is 1. The molecule has 5 nitrogen and oxygen atoms in total. The zero-order valence-electron chi connectivity index (χ0n) is 15.0. The number of carbonyl (C=O) groups is 1. The Morgan fingerprint density at radius 1 is 1.16 bits per heavy atom. The Morgan fingerprint density at radius 3 is 2.36 bits per heavy atom. The van der Waals surface area contributed by atoms with Crippen LogP contribution in [0.5, 0.6) is 0 Å². The summed E-state index contributed by atoms with van der Waals surface area (Å²) in [5.74, 6) is -0.476. The quantitative estimate of drug-likeness (QED) is 0.492. The van der Waals surface area contributed by atoms with Gasteiger partial charge in [0.1, 0.15) is 0 Å². The van der Waals surface area contributed by atoms with E-state index in [1.54, 1.807) is 0 Å². The van der Waals surface area contributed by atoms with Crippen LogP contribution in [0.3, 0.4) is 0 Å². The van der Waals surface area contributed by atoms with Crippen LogP contribution >= 0.6 is 0 Å². The summed E-state index contributed by atoms with van der Waals surface area (Å²) in [6, 6.07) is 11.9. The van der Waals surface area contributed by atoms with Crippen molar-refractivity contribution in [2.45, 2.75) is 45.4 Å². The lowest BCUT2D eigenvalue weighted by molar-refractivity contribution is -0.135. The molecule has 0 saturated heterocycles. The Bertz CT molecular complexity index is 729. The number of nitrogens with one attached hydrogen (secondary N) is 1. The van der Waals surface area contributed by atoms with E-state index in [9.17, 15) is 4.79 Å². The molecular weight excluding hydrogens is 314 g/mol. The number of esters is 1. The largest absolute Gasteiger partial charge is 0.393 e. The molecule has 0 aliphatic heterocycles. The molecule has 0 aliphatic rings. The van der Waals surface area contributed by atoms with Crippen LogP contribution in [-0.2, 0) is 21.4 Å². The van der Waals surface area contributed by atoms with Crippen LogP contribution in [-0.4, -0.2) is 17.0 Å². The minimum Gasteiger partial charge on any atom is -0.393 e. The van der Waals surface area contributed by atoms with Gasteiger partial charge in [-0.05, 0) is 35.4 Å². The molecule has 0 bridgehead atoms. The van der Waals surface area contributed by atoms with E-state index in [2.05, 4.69) is 54.8 Å². The van der Waals surface area contributed by atoms with E-state index in [1.165, 1.54) is 5.56 Å². The number of hydrogen-bond donors (Lipinski definition) is 2. The highest BCUT2D eigenvalue weighted by Gasteiger charge is 2.13. The van der Waals surface area contributed by atoms with Crippen LogP contribution in [0.15, 0.2) is 42.6 Å². The van der Waals surface area contributed by atoms with Crippen molar-refractivity contribution in [3.63, 3.8) is 0 Å². The molecule has 25 heavy (non-hydrogen) atoms. The van der Waals surface area contributed by atoms with Crippen molar-refractivity contribution < 1.29 is 9.53 Å². The zero-order chi connectivity index (χ0) is 18.4. The van der Waals surface area contributed by atoms with Crippen LogP contribution in [0.4, 0.5) is 0 Å². The Labute approximate surface area is 148 Å². The second-order valence-corrected chi connectivity index (χ2v) is 7.07. The Balaban J connectivity index is 1.93. The lowest BCUT2D eigenvalue weighted by Gasteiger charge is -2.19. The van der Waals surface area contributed by atoms with Gasteiger partial charge in [0.15, 0.2) is 0 Å². The number of aromatic nitrogens is 1. The van der Waals surface area contributed by atoms with Crippen molar-refractivity contribution >= 4 is 12.0 Å². The highest BCUT2D eigenvalue weighted by atomic mass is 16.5. The van der Waals surface area contributed by atoms with Crippen molar-refractivity contribution in [2.75, 3.05) is 0 Å².